The van der Waals surface area contributed by atoms with E-state index in [-0.39, 0.29) is 6.04 Å². The maximum absolute atomic E-state index is 12.3. The highest BCUT2D eigenvalue weighted by Crippen LogP contribution is 2.23. The van der Waals surface area contributed by atoms with Crippen LogP contribution in [0.2, 0.25) is 25.2 Å². The smallest absolute Gasteiger partial charge is 0.134 e. The van der Waals surface area contributed by atoms with Gasteiger partial charge in [-0.3, -0.25) is 4.79 Å². The molecule has 1 rings (SSSR count). The summed E-state index contributed by atoms with van der Waals surface area (Å²) in [6.07, 6.45) is 12.2. The quantitative estimate of drug-likeness (QED) is 0.268. The Morgan fingerprint density at radius 3 is 2.12 bits per heavy atom. The van der Waals surface area contributed by atoms with Crippen LogP contribution in [-0.4, -0.2) is 13.9 Å². The van der Waals surface area contributed by atoms with E-state index in [0.717, 1.165) is 18.0 Å². The van der Waals surface area contributed by atoms with Crippen LogP contribution in [0.5, 0.6) is 0 Å². The molecule has 0 aliphatic heterocycles. The highest BCUT2D eigenvalue weighted by Gasteiger charge is 2.22. The van der Waals surface area contributed by atoms with Gasteiger partial charge in [-0.15, -0.1) is 0 Å². The predicted octanol–water partition coefficient (Wildman–Crippen LogP) is 6.88. The molecular weight excluding hydrogens is 334 g/mol. The molecule has 0 bridgehead atoms. The first-order valence-electron chi connectivity index (χ1n) is 10.8. The maximum atomic E-state index is 12.3. The average molecular weight is 376 g/mol. The third-order valence-corrected chi connectivity index (χ3v) is 8.77. The minimum atomic E-state index is -1.24. The van der Waals surface area contributed by atoms with Gasteiger partial charge >= 0.3 is 0 Å². The van der Waals surface area contributed by atoms with Gasteiger partial charge in [-0.2, -0.15) is 0 Å². The van der Waals surface area contributed by atoms with Crippen LogP contribution in [0.4, 0.5) is 0 Å². The zero-order valence-electron chi connectivity index (χ0n) is 17.4. The van der Waals surface area contributed by atoms with Crippen molar-refractivity contribution >= 4 is 13.9 Å². The molecule has 0 heterocycles. The number of unbranched alkanes of at least 4 members (excludes halogenated alkanes) is 7. The van der Waals surface area contributed by atoms with Gasteiger partial charge in [-0.05, 0) is 5.56 Å². The molecule has 0 fully saturated rings. The molecule has 0 aromatic heterocycles. The van der Waals surface area contributed by atoms with Gasteiger partial charge < -0.3 is 5.73 Å². The number of hydrogen-bond acceptors (Lipinski definition) is 2. The largest absolute Gasteiger partial charge is 0.324 e. The molecule has 2 N–H and O–H groups in total. The first-order chi connectivity index (χ1) is 12.4. The lowest BCUT2D eigenvalue weighted by molar-refractivity contribution is -0.119. The molecule has 0 radical (unpaired) electrons. The third kappa shape index (κ3) is 10.9. The number of carbonyl (C=O) groups is 1. The normalized spacial score (nSPS) is 12.9. The molecule has 1 atom stereocenters. The molecular formula is C23H41NOSi. The molecule has 26 heavy (non-hydrogen) atoms. The van der Waals surface area contributed by atoms with Gasteiger partial charge in [0.2, 0.25) is 0 Å². The molecule has 1 unspecified atom stereocenters. The highest BCUT2D eigenvalue weighted by molar-refractivity contribution is 6.77. The standard InChI is InChI=1S/C23H41NOSi/c1-4-5-6-7-8-9-10-14-18-26(2,3)19-17-22(25)20-23(24)21-15-12-11-13-16-21/h11-13,15-16,23H,4-10,14,17-20,24H2,1-3H3. The van der Waals surface area contributed by atoms with E-state index in [1.54, 1.807) is 0 Å². The van der Waals surface area contributed by atoms with Crippen molar-refractivity contribution in [3.05, 3.63) is 35.9 Å². The monoisotopic (exact) mass is 375 g/mol. The lowest BCUT2D eigenvalue weighted by atomic mass is 10.0. The molecule has 1 aromatic carbocycles. The van der Waals surface area contributed by atoms with Gasteiger partial charge in [-0.25, -0.2) is 0 Å². The van der Waals surface area contributed by atoms with E-state index in [1.807, 2.05) is 30.3 Å². The second kappa shape index (κ2) is 13.3. The van der Waals surface area contributed by atoms with Crippen molar-refractivity contribution in [2.45, 2.75) is 102 Å². The Hall–Kier alpha value is -0.933. The van der Waals surface area contributed by atoms with E-state index >= 15 is 0 Å². The Bertz CT molecular complexity index is 486. The maximum Gasteiger partial charge on any atom is 0.134 e. The fourth-order valence-corrected chi connectivity index (χ4v) is 5.92. The summed E-state index contributed by atoms with van der Waals surface area (Å²) < 4.78 is 0. The minimum Gasteiger partial charge on any atom is -0.324 e. The molecule has 3 heteroatoms. The van der Waals surface area contributed by atoms with Crippen molar-refractivity contribution in [2.75, 3.05) is 0 Å². The summed E-state index contributed by atoms with van der Waals surface area (Å²) in [5.41, 5.74) is 7.25. The van der Waals surface area contributed by atoms with Crippen molar-refractivity contribution in [3.63, 3.8) is 0 Å². The SMILES string of the molecule is CCCCCCCCCC[Si](C)(C)CCC(=O)CC(N)c1ccccc1. The number of nitrogens with two attached hydrogens (primary N) is 1. The first-order valence-corrected chi connectivity index (χ1v) is 14.2. The third-order valence-electron chi connectivity index (χ3n) is 5.46. The first kappa shape index (κ1) is 23.1. The van der Waals surface area contributed by atoms with E-state index in [9.17, 15) is 4.79 Å². The second-order valence-corrected chi connectivity index (χ2v) is 14.0. The van der Waals surface area contributed by atoms with Crippen LogP contribution >= 0.6 is 0 Å². The molecule has 0 aliphatic rings. The number of Topliss-reactive ketones (excluding diaryl/α,β-unsaturated/α-hetero) is 1. The second-order valence-electron chi connectivity index (χ2n) is 8.65. The zero-order valence-corrected chi connectivity index (χ0v) is 18.4. The Kier molecular flexibility index (Phi) is 11.8. The van der Waals surface area contributed by atoms with Crippen molar-refractivity contribution < 1.29 is 4.79 Å². The van der Waals surface area contributed by atoms with Crippen molar-refractivity contribution in [2.24, 2.45) is 5.73 Å². The summed E-state index contributed by atoms with van der Waals surface area (Å²) in [6.45, 7) is 7.16. The number of benzene rings is 1. The Morgan fingerprint density at radius 1 is 0.923 bits per heavy atom. The topological polar surface area (TPSA) is 43.1 Å². The molecule has 0 amide bonds. The van der Waals surface area contributed by atoms with E-state index in [4.69, 9.17) is 5.73 Å². The Morgan fingerprint density at radius 2 is 1.50 bits per heavy atom. The highest BCUT2D eigenvalue weighted by atomic mass is 28.3. The van der Waals surface area contributed by atoms with E-state index < -0.39 is 8.07 Å². The summed E-state index contributed by atoms with van der Waals surface area (Å²) >= 11 is 0. The van der Waals surface area contributed by atoms with Crippen LogP contribution in [0, 0.1) is 0 Å². The van der Waals surface area contributed by atoms with Crippen molar-refractivity contribution in [1.82, 2.24) is 0 Å². The van der Waals surface area contributed by atoms with Crippen LogP contribution in [0.1, 0.15) is 82.7 Å². The Balaban J connectivity index is 2.14. The molecule has 0 saturated heterocycles. The van der Waals surface area contributed by atoms with E-state index in [2.05, 4.69) is 20.0 Å². The minimum absolute atomic E-state index is 0.152. The van der Waals surface area contributed by atoms with Crippen LogP contribution in [0.3, 0.4) is 0 Å². The van der Waals surface area contributed by atoms with Crippen LogP contribution in [0.25, 0.3) is 0 Å². The summed E-state index contributed by atoms with van der Waals surface area (Å²) in [5, 5.41) is 0. The summed E-state index contributed by atoms with van der Waals surface area (Å²) in [6, 6.07) is 12.3. The van der Waals surface area contributed by atoms with Gasteiger partial charge in [0, 0.05) is 27.0 Å². The van der Waals surface area contributed by atoms with Gasteiger partial charge in [-0.1, -0.05) is 114 Å². The molecule has 2 nitrogen and oxygen atoms in total. The number of rotatable bonds is 15. The van der Waals surface area contributed by atoms with Gasteiger partial charge in [0.25, 0.3) is 0 Å². The fourth-order valence-electron chi connectivity index (χ4n) is 3.51. The number of carbonyl (C=O) groups excluding carboxylic acids is 1. The summed E-state index contributed by atoms with van der Waals surface area (Å²) in [4.78, 5) is 12.3. The predicted molar refractivity (Wildman–Crippen MR) is 117 cm³/mol. The molecule has 0 spiro atoms. The van der Waals surface area contributed by atoms with Gasteiger partial charge in [0.1, 0.15) is 5.78 Å². The van der Waals surface area contributed by atoms with Gasteiger partial charge in [0.05, 0.1) is 0 Å². The number of ketones is 1. The lowest BCUT2D eigenvalue weighted by Crippen LogP contribution is -2.26. The van der Waals surface area contributed by atoms with Crippen molar-refractivity contribution in [3.8, 4) is 0 Å². The molecule has 0 aliphatic carbocycles. The summed E-state index contributed by atoms with van der Waals surface area (Å²) in [7, 11) is -1.24. The van der Waals surface area contributed by atoms with Gasteiger partial charge in [0.15, 0.2) is 0 Å². The molecule has 1 aromatic rings. The van der Waals surface area contributed by atoms with E-state index in [0.29, 0.717) is 12.2 Å². The fraction of sp³-hybridized carbons (Fsp3) is 0.696. The zero-order chi connectivity index (χ0) is 19.3. The molecule has 0 saturated carbocycles. The van der Waals surface area contributed by atoms with E-state index in [1.165, 1.54) is 57.4 Å². The molecule has 148 valence electrons. The number of hydrogen-bond donors (Lipinski definition) is 1. The Labute approximate surface area is 163 Å². The average Bonchev–Trinajstić information content (AvgIpc) is 2.63. The summed E-state index contributed by atoms with van der Waals surface area (Å²) in [5.74, 6) is 0.331. The van der Waals surface area contributed by atoms with Crippen LogP contribution in [-0.2, 0) is 4.79 Å². The van der Waals surface area contributed by atoms with Crippen LogP contribution < -0.4 is 5.73 Å². The van der Waals surface area contributed by atoms with Crippen LogP contribution in [0.15, 0.2) is 30.3 Å². The van der Waals surface area contributed by atoms with Crippen molar-refractivity contribution in [1.29, 1.82) is 0 Å². The lowest BCUT2D eigenvalue weighted by Gasteiger charge is -2.22.